The molecule has 0 spiro atoms. The molecule has 27 heavy (non-hydrogen) atoms. The summed E-state index contributed by atoms with van der Waals surface area (Å²) in [6.07, 6.45) is 2.73. The van der Waals surface area contributed by atoms with E-state index in [2.05, 4.69) is 17.4 Å². The summed E-state index contributed by atoms with van der Waals surface area (Å²) >= 11 is 0. The van der Waals surface area contributed by atoms with Crippen molar-refractivity contribution in [1.82, 2.24) is 0 Å². The normalized spacial score (nSPS) is 11.1. The number of benzene rings is 3. The first-order valence-corrected chi connectivity index (χ1v) is 10.6. The Kier molecular flexibility index (Phi) is 5.72. The van der Waals surface area contributed by atoms with Crippen molar-refractivity contribution in [3.8, 4) is 0 Å². The summed E-state index contributed by atoms with van der Waals surface area (Å²) in [4.78, 5) is 12.9. The number of nitrogens with one attached hydrogen (secondary N) is 1. The van der Waals surface area contributed by atoms with Crippen LogP contribution in [0.15, 0.2) is 83.8 Å². The number of carbonyl (C=O) groups excluding carboxylic acids is 1. The molecule has 3 aromatic carbocycles. The Morgan fingerprint density at radius 3 is 2.30 bits per heavy atom. The van der Waals surface area contributed by atoms with Gasteiger partial charge in [0.15, 0.2) is 9.84 Å². The van der Waals surface area contributed by atoms with Gasteiger partial charge in [0.2, 0.25) is 0 Å². The molecule has 0 bridgehead atoms. The van der Waals surface area contributed by atoms with Gasteiger partial charge < -0.3 is 5.32 Å². The van der Waals surface area contributed by atoms with Gasteiger partial charge in [0, 0.05) is 17.5 Å². The highest BCUT2D eigenvalue weighted by Crippen LogP contribution is 2.18. The van der Waals surface area contributed by atoms with Crippen LogP contribution >= 0.6 is 0 Å². The SMILES string of the molecule is CS(=O)(=O)c1cccc(NC(=O)c2ccccc2CCc2ccccc2)c1. The highest BCUT2D eigenvalue weighted by Gasteiger charge is 2.13. The van der Waals surface area contributed by atoms with E-state index in [4.69, 9.17) is 0 Å². The maximum Gasteiger partial charge on any atom is 0.255 e. The topological polar surface area (TPSA) is 63.2 Å². The minimum absolute atomic E-state index is 0.178. The maximum atomic E-state index is 12.7. The van der Waals surface area contributed by atoms with Gasteiger partial charge in [0.25, 0.3) is 5.91 Å². The van der Waals surface area contributed by atoms with Crippen LogP contribution in [0.1, 0.15) is 21.5 Å². The molecule has 0 aliphatic carbocycles. The summed E-state index contributed by atoms with van der Waals surface area (Å²) in [5.74, 6) is -0.246. The van der Waals surface area contributed by atoms with Crippen LogP contribution in [0.3, 0.4) is 0 Å². The van der Waals surface area contributed by atoms with Gasteiger partial charge in [-0.3, -0.25) is 4.79 Å². The molecule has 3 aromatic rings. The molecule has 0 atom stereocenters. The van der Waals surface area contributed by atoms with Crippen LogP contribution in [0.2, 0.25) is 0 Å². The van der Waals surface area contributed by atoms with Crippen LogP contribution in [-0.2, 0) is 22.7 Å². The number of anilines is 1. The average Bonchev–Trinajstić information content (AvgIpc) is 2.67. The lowest BCUT2D eigenvalue weighted by atomic mass is 9.99. The van der Waals surface area contributed by atoms with Gasteiger partial charge in [-0.1, -0.05) is 54.6 Å². The number of hydrogen-bond donors (Lipinski definition) is 1. The predicted octanol–water partition coefficient (Wildman–Crippen LogP) is 4.13. The molecule has 3 rings (SSSR count). The third kappa shape index (κ3) is 5.05. The van der Waals surface area contributed by atoms with Gasteiger partial charge in [-0.2, -0.15) is 0 Å². The fraction of sp³-hybridized carbons (Fsp3) is 0.136. The number of amides is 1. The maximum absolute atomic E-state index is 12.7. The fourth-order valence-electron chi connectivity index (χ4n) is 2.89. The molecule has 0 aliphatic rings. The van der Waals surface area contributed by atoms with E-state index in [1.807, 2.05) is 36.4 Å². The Morgan fingerprint density at radius 1 is 0.852 bits per heavy atom. The predicted molar refractivity (Wildman–Crippen MR) is 108 cm³/mol. The largest absolute Gasteiger partial charge is 0.322 e. The molecule has 138 valence electrons. The van der Waals surface area contributed by atoms with Crippen molar-refractivity contribution in [2.24, 2.45) is 0 Å². The zero-order valence-corrected chi connectivity index (χ0v) is 15.9. The lowest BCUT2D eigenvalue weighted by molar-refractivity contribution is 0.102. The molecule has 0 saturated carbocycles. The Bertz CT molecular complexity index is 1040. The van der Waals surface area contributed by atoms with Crippen LogP contribution in [0.25, 0.3) is 0 Å². The number of sulfone groups is 1. The molecule has 0 fully saturated rings. The second-order valence-corrected chi connectivity index (χ2v) is 8.41. The van der Waals surface area contributed by atoms with Gasteiger partial charge >= 0.3 is 0 Å². The van der Waals surface area contributed by atoms with E-state index in [9.17, 15) is 13.2 Å². The zero-order valence-electron chi connectivity index (χ0n) is 15.1. The minimum Gasteiger partial charge on any atom is -0.322 e. The smallest absolute Gasteiger partial charge is 0.255 e. The van der Waals surface area contributed by atoms with Crippen LogP contribution in [-0.4, -0.2) is 20.6 Å². The Hall–Kier alpha value is -2.92. The van der Waals surface area contributed by atoms with E-state index < -0.39 is 9.84 Å². The van der Waals surface area contributed by atoms with Crippen molar-refractivity contribution in [2.75, 3.05) is 11.6 Å². The molecule has 1 amide bonds. The van der Waals surface area contributed by atoms with Crippen molar-refractivity contribution in [1.29, 1.82) is 0 Å². The highest BCUT2D eigenvalue weighted by molar-refractivity contribution is 7.90. The summed E-state index contributed by atoms with van der Waals surface area (Å²) in [5, 5.41) is 2.81. The summed E-state index contributed by atoms with van der Waals surface area (Å²) in [6.45, 7) is 0. The number of hydrogen-bond acceptors (Lipinski definition) is 3. The van der Waals surface area contributed by atoms with Crippen LogP contribution in [0.4, 0.5) is 5.69 Å². The van der Waals surface area contributed by atoms with Crippen molar-refractivity contribution >= 4 is 21.4 Å². The molecule has 0 heterocycles. The van der Waals surface area contributed by atoms with E-state index in [-0.39, 0.29) is 10.8 Å². The molecule has 0 aromatic heterocycles. The third-order valence-corrected chi connectivity index (χ3v) is 5.42. The Labute approximate surface area is 159 Å². The summed E-state index contributed by atoms with van der Waals surface area (Å²) in [6, 6.07) is 23.9. The van der Waals surface area contributed by atoms with Gasteiger partial charge in [-0.15, -0.1) is 0 Å². The molecule has 0 unspecified atom stereocenters. The molecule has 5 heteroatoms. The van der Waals surface area contributed by atoms with E-state index in [0.29, 0.717) is 11.3 Å². The van der Waals surface area contributed by atoms with Gasteiger partial charge in [-0.05, 0) is 48.2 Å². The van der Waals surface area contributed by atoms with Crippen LogP contribution < -0.4 is 5.32 Å². The third-order valence-electron chi connectivity index (χ3n) is 4.31. The lowest BCUT2D eigenvalue weighted by Gasteiger charge is -2.11. The summed E-state index contributed by atoms with van der Waals surface area (Å²) in [7, 11) is -3.32. The molecular formula is C22H21NO3S. The summed E-state index contributed by atoms with van der Waals surface area (Å²) < 4.78 is 23.4. The van der Waals surface area contributed by atoms with Crippen LogP contribution in [0.5, 0.6) is 0 Å². The van der Waals surface area contributed by atoms with Gasteiger partial charge in [0.1, 0.15) is 0 Å². The van der Waals surface area contributed by atoms with Crippen molar-refractivity contribution < 1.29 is 13.2 Å². The molecule has 4 nitrogen and oxygen atoms in total. The first-order valence-electron chi connectivity index (χ1n) is 8.67. The van der Waals surface area contributed by atoms with Crippen molar-refractivity contribution in [3.63, 3.8) is 0 Å². The van der Waals surface area contributed by atoms with Gasteiger partial charge in [0.05, 0.1) is 4.90 Å². The second-order valence-electron chi connectivity index (χ2n) is 6.40. The quantitative estimate of drug-likeness (QED) is 0.700. The van der Waals surface area contributed by atoms with Crippen molar-refractivity contribution in [2.45, 2.75) is 17.7 Å². The molecule has 0 aliphatic heterocycles. The standard InChI is InChI=1S/C22H21NO3S/c1-27(25,26)20-12-7-11-19(16-20)23-22(24)21-13-6-5-10-18(21)15-14-17-8-3-2-4-9-17/h2-13,16H,14-15H2,1H3,(H,23,24). The Balaban J connectivity index is 1.77. The van der Waals surface area contributed by atoms with Crippen molar-refractivity contribution in [3.05, 3.63) is 95.6 Å². The molecule has 1 N–H and O–H groups in total. The molecule has 0 radical (unpaired) electrons. The minimum atomic E-state index is -3.32. The van der Waals surface area contributed by atoms with E-state index in [1.165, 1.54) is 17.7 Å². The number of rotatable bonds is 6. The van der Waals surface area contributed by atoms with E-state index in [0.717, 1.165) is 24.7 Å². The monoisotopic (exact) mass is 379 g/mol. The first-order chi connectivity index (χ1) is 12.9. The lowest BCUT2D eigenvalue weighted by Crippen LogP contribution is -2.15. The highest BCUT2D eigenvalue weighted by atomic mass is 32.2. The fourth-order valence-corrected chi connectivity index (χ4v) is 3.55. The summed E-state index contributed by atoms with van der Waals surface area (Å²) in [5.41, 5.74) is 3.23. The molecule has 0 saturated heterocycles. The van der Waals surface area contributed by atoms with E-state index >= 15 is 0 Å². The second kappa shape index (κ2) is 8.18. The number of aryl methyl sites for hydroxylation is 2. The van der Waals surface area contributed by atoms with E-state index in [1.54, 1.807) is 18.2 Å². The Morgan fingerprint density at radius 2 is 1.56 bits per heavy atom. The molecular weight excluding hydrogens is 358 g/mol. The zero-order chi connectivity index (χ0) is 19.3. The van der Waals surface area contributed by atoms with Gasteiger partial charge in [-0.25, -0.2) is 8.42 Å². The average molecular weight is 379 g/mol. The number of carbonyl (C=O) groups is 1. The first kappa shape index (κ1) is 18.9. The van der Waals surface area contributed by atoms with Crippen LogP contribution in [0, 0.1) is 0 Å².